The van der Waals surface area contributed by atoms with E-state index in [0.717, 1.165) is 41.2 Å². The number of nitrogens with zero attached hydrogens (tertiary/aromatic N) is 1. The molecule has 3 aromatic rings. The molecule has 3 aromatic carbocycles. The van der Waals surface area contributed by atoms with Crippen molar-refractivity contribution in [1.82, 2.24) is 0 Å². The van der Waals surface area contributed by atoms with Crippen molar-refractivity contribution >= 4 is 23.0 Å². The lowest BCUT2D eigenvalue weighted by Crippen LogP contribution is -2.12. The fourth-order valence-electron chi connectivity index (χ4n) is 3.34. The lowest BCUT2D eigenvalue weighted by atomic mass is 9.96. The van der Waals surface area contributed by atoms with Crippen molar-refractivity contribution in [2.75, 3.05) is 12.4 Å². The third-order valence-electron chi connectivity index (χ3n) is 4.96. The van der Waals surface area contributed by atoms with Gasteiger partial charge in [0.1, 0.15) is 5.75 Å². The first kappa shape index (κ1) is 18.0. The molecule has 1 N–H and O–H groups in total. The quantitative estimate of drug-likeness (QED) is 0.675. The molecule has 1 amide bonds. The van der Waals surface area contributed by atoms with Crippen molar-refractivity contribution in [1.29, 1.82) is 0 Å². The minimum atomic E-state index is -0.144. The summed E-state index contributed by atoms with van der Waals surface area (Å²) in [6, 6.07) is 21.4. The SMILES string of the molecule is COc1ccc(C(=O)Nc2ccc(C3=Nc4cc(C)ccc4CC3)cc2)cc1. The van der Waals surface area contributed by atoms with Crippen LogP contribution in [0.15, 0.2) is 71.7 Å². The van der Waals surface area contributed by atoms with Crippen LogP contribution >= 0.6 is 0 Å². The molecule has 0 saturated heterocycles. The molecule has 4 nitrogen and oxygen atoms in total. The Morgan fingerprint density at radius 1 is 0.964 bits per heavy atom. The van der Waals surface area contributed by atoms with Crippen LogP contribution in [0.3, 0.4) is 0 Å². The van der Waals surface area contributed by atoms with Gasteiger partial charge in [0.2, 0.25) is 0 Å². The van der Waals surface area contributed by atoms with E-state index in [0.29, 0.717) is 5.56 Å². The normalized spacial score (nSPS) is 12.7. The summed E-state index contributed by atoms with van der Waals surface area (Å²) < 4.78 is 5.12. The van der Waals surface area contributed by atoms with Crippen LogP contribution in [0.2, 0.25) is 0 Å². The van der Waals surface area contributed by atoms with Gasteiger partial charge in [-0.05, 0) is 78.9 Å². The summed E-state index contributed by atoms with van der Waals surface area (Å²) in [4.78, 5) is 17.2. The molecule has 0 aromatic heterocycles. The number of hydrogen-bond acceptors (Lipinski definition) is 3. The molecule has 0 bridgehead atoms. The van der Waals surface area contributed by atoms with Crippen LogP contribution in [0.5, 0.6) is 5.75 Å². The number of ether oxygens (including phenoxy) is 1. The molecule has 0 radical (unpaired) electrons. The molecule has 1 aliphatic rings. The summed E-state index contributed by atoms with van der Waals surface area (Å²) in [5, 5.41) is 2.93. The van der Waals surface area contributed by atoms with E-state index in [-0.39, 0.29) is 5.91 Å². The highest BCUT2D eigenvalue weighted by Crippen LogP contribution is 2.29. The maximum atomic E-state index is 12.4. The molecule has 4 heteroatoms. The van der Waals surface area contributed by atoms with Gasteiger partial charge in [-0.3, -0.25) is 9.79 Å². The Hall–Kier alpha value is -3.40. The lowest BCUT2D eigenvalue weighted by Gasteiger charge is -2.16. The third-order valence-corrected chi connectivity index (χ3v) is 4.96. The highest BCUT2D eigenvalue weighted by Gasteiger charge is 2.14. The van der Waals surface area contributed by atoms with Gasteiger partial charge in [0.15, 0.2) is 0 Å². The molecular formula is C24H22N2O2. The van der Waals surface area contributed by atoms with Crippen molar-refractivity contribution in [2.24, 2.45) is 4.99 Å². The zero-order chi connectivity index (χ0) is 19.5. The number of rotatable bonds is 4. The van der Waals surface area contributed by atoms with E-state index in [2.05, 4.69) is 30.4 Å². The van der Waals surface area contributed by atoms with Crippen molar-refractivity contribution in [3.05, 3.63) is 89.0 Å². The molecule has 0 aliphatic carbocycles. The minimum Gasteiger partial charge on any atom is -0.497 e. The van der Waals surface area contributed by atoms with Crippen molar-refractivity contribution in [3.63, 3.8) is 0 Å². The molecule has 140 valence electrons. The van der Waals surface area contributed by atoms with Gasteiger partial charge in [-0.2, -0.15) is 0 Å². The van der Waals surface area contributed by atoms with Crippen LogP contribution in [-0.2, 0) is 6.42 Å². The molecule has 0 fully saturated rings. The number of anilines is 1. The van der Waals surface area contributed by atoms with E-state index in [4.69, 9.17) is 9.73 Å². The number of carbonyl (C=O) groups is 1. The van der Waals surface area contributed by atoms with Crippen LogP contribution in [0.1, 0.15) is 33.5 Å². The summed E-state index contributed by atoms with van der Waals surface area (Å²) in [6.07, 6.45) is 1.93. The predicted octanol–water partition coefficient (Wildman–Crippen LogP) is 5.32. The molecule has 0 atom stereocenters. The molecule has 1 heterocycles. The Bertz CT molecular complexity index is 1040. The molecular weight excluding hydrogens is 348 g/mol. The second-order valence-electron chi connectivity index (χ2n) is 6.95. The number of carbonyl (C=O) groups excluding carboxylic acids is 1. The molecule has 0 unspecified atom stereocenters. The average Bonchev–Trinajstić information content (AvgIpc) is 2.73. The summed E-state index contributed by atoms with van der Waals surface area (Å²) in [5.41, 5.74) is 7.13. The largest absolute Gasteiger partial charge is 0.497 e. The van der Waals surface area contributed by atoms with E-state index in [1.165, 1.54) is 11.1 Å². The predicted molar refractivity (Wildman–Crippen MR) is 113 cm³/mol. The summed E-state index contributed by atoms with van der Waals surface area (Å²) >= 11 is 0. The fraction of sp³-hybridized carbons (Fsp3) is 0.167. The van der Waals surface area contributed by atoms with Gasteiger partial charge >= 0.3 is 0 Å². The number of nitrogens with one attached hydrogen (secondary N) is 1. The van der Waals surface area contributed by atoms with Gasteiger partial charge in [-0.1, -0.05) is 24.3 Å². The van der Waals surface area contributed by atoms with E-state index < -0.39 is 0 Å². The van der Waals surface area contributed by atoms with Gasteiger partial charge in [0.25, 0.3) is 5.91 Å². The Morgan fingerprint density at radius 3 is 2.43 bits per heavy atom. The van der Waals surface area contributed by atoms with E-state index in [1.807, 2.05) is 24.3 Å². The van der Waals surface area contributed by atoms with Gasteiger partial charge in [-0.25, -0.2) is 0 Å². The van der Waals surface area contributed by atoms with E-state index >= 15 is 0 Å². The second kappa shape index (κ2) is 7.69. The number of aryl methyl sites for hydroxylation is 2. The first-order valence-electron chi connectivity index (χ1n) is 9.35. The number of hydrogen-bond donors (Lipinski definition) is 1. The number of amides is 1. The van der Waals surface area contributed by atoms with Crippen LogP contribution in [0.25, 0.3) is 0 Å². The minimum absolute atomic E-state index is 0.144. The summed E-state index contributed by atoms with van der Waals surface area (Å²) in [6.45, 7) is 2.09. The summed E-state index contributed by atoms with van der Waals surface area (Å²) in [5.74, 6) is 0.584. The molecule has 0 spiro atoms. The Balaban J connectivity index is 1.49. The zero-order valence-electron chi connectivity index (χ0n) is 16.0. The van der Waals surface area contributed by atoms with Crippen molar-refractivity contribution < 1.29 is 9.53 Å². The number of fused-ring (bicyclic) bond motifs is 1. The maximum Gasteiger partial charge on any atom is 0.255 e. The van der Waals surface area contributed by atoms with Crippen molar-refractivity contribution in [2.45, 2.75) is 19.8 Å². The molecule has 4 rings (SSSR count). The third kappa shape index (κ3) is 3.81. The topological polar surface area (TPSA) is 50.7 Å². The van der Waals surface area contributed by atoms with Crippen molar-refractivity contribution in [3.8, 4) is 5.75 Å². The highest BCUT2D eigenvalue weighted by atomic mass is 16.5. The van der Waals surface area contributed by atoms with Gasteiger partial charge in [-0.15, -0.1) is 0 Å². The van der Waals surface area contributed by atoms with Crippen LogP contribution in [0, 0.1) is 6.92 Å². The number of benzene rings is 3. The Morgan fingerprint density at radius 2 is 1.71 bits per heavy atom. The monoisotopic (exact) mass is 370 g/mol. The first-order chi connectivity index (χ1) is 13.6. The second-order valence-corrected chi connectivity index (χ2v) is 6.95. The number of aliphatic imine (C=N–C) groups is 1. The Kier molecular flexibility index (Phi) is 4.94. The standard InChI is InChI=1S/C24H22N2O2/c1-16-3-4-18-9-14-22(26-23(18)15-16)17-5-10-20(11-6-17)25-24(27)19-7-12-21(28-2)13-8-19/h3-8,10-13,15H,9,14H2,1-2H3,(H,25,27). The van der Waals surface area contributed by atoms with Gasteiger partial charge in [0, 0.05) is 17.0 Å². The fourth-order valence-corrected chi connectivity index (χ4v) is 3.34. The van der Waals surface area contributed by atoms with E-state index in [1.54, 1.807) is 31.4 Å². The highest BCUT2D eigenvalue weighted by molar-refractivity contribution is 6.06. The average molecular weight is 370 g/mol. The zero-order valence-corrected chi connectivity index (χ0v) is 16.0. The van der Waals surface area contributed by atoms with Gasteiger partial charge in [0.05, 0.1) is 12.8 Å². The lowest BCUT2D eigenvalue weighted by molar-refractivity contribution is 0.102. The maximum absolute atomic E-state index is 12.4. The van der Waals surface area contributed by atoms with E-state index in [9.17, 15) is 4.79 Å². The molecule has 0 saturated carbocycles. The first-order valence-corrected chi connectivity index (χ1v) is 9.35. The van der Waals surface area contributed by atoms with Gasteiger partial charge < -0.3 is 10.1 Å². The van der Waals surface area contributed by atoms with Crippen LogP contribution in [-0.4, -0.2) is 18.7 Å². The molecule has 28 heavy (non-hydrogen) atoms. The van der Waals surface area contributed by atoms with Crippen LogP contribution < -0.4 is 10.1 Å². The number of methoxy groups -OCH3 is 1. The Labute approximate surface area is 164 Å². The smallest absolute Gasteiger partial charge is 0.255 e. The summed E-state index contributed by atoms with van der Waals surface area (Å²) in [7, 11) is 1.60. The molecule has 1 aliphatic heterocycles. The van der Waals surface area contributed by atoms with Crippen LogP contribution in [0.4, 0.5) is 11.4 Å².